The zero-order valence-corrected chi connectivity index (χ0v) is 13.7. The Labute approximate surface area is 143 Å². The first-order chi connectivity index (χ1) is 12.2. The lowest BCUT2D eigenvalue weighted by Crippen LogP contribution is -2.05. The molecule has 3 aromatic carbocycles. The SMILES string of the molecule is CC(=O)n1c2ccccc2c2[nH]c(-c3cccc4ccccc34)nc21. The minimum atomic E-state index is -0.0397. The molecule has 0 unspecified atom stereocenters. The largest absolute Gasteiger partial charge is 0.336 e. The number of imidazole rings is 1. The summed E-state index contributed by atoms with van der Waals surface area (Å²) in [5, 5.41) is 3.31. The molecule has 0 atom stereocenters. The molecule has 5 rings (SSSR count). The summed E-state index contributed by atoms with van der Waals surface area (Å²) in [4.78, 5) is 20.4. The second-order valence-corrected chi connectivity index (χ2v) is 6.18. The Morgan fingerprint density at radius 2 is 1.64 bits per heavy atom. The number of benzene rings is 3. The van der Waals surface area contributed by atoms with Crippen molar-refractivity contribution in [3.63, 3.8) is 0 Å². The maximum absolute atomic E-state index is 12.2. The number of hydrogen-bond acceptors (Lipinski definition) is 2. The molecule has 2 heterocycles. The molecule has 0 radical (unpaired) electrons. The summed E-state index contributed by atoms with van der Waals surface area (Å²) in [6.45, 7) is 1.57. The van der Waals surface area contributed by atoms with Gasteiger partial charge in [0.1, 0.15) is 5.82 Å². The van der Waals surface area contributed by atoms with Crippen molar-refractivity contribution in [3.8, 4) is 11.4 Å². The first-order valence-corrected chi connectivity index (χ1v) is 8.22. The number of hydrogen-bond donors (Lipinski definition) is 1. The Hall–Kier alpha value is -3.40. The second kappa shape index (κ2) is 5.05. The summed E-state index contributed by atoms with van der Waals surface area (Å²) in [5.74, 6) is 0.740. The van der Waals surface area contributed by atoms with Gasteiger partial charge in [0.2, 0.25) is 5.91 Å². The third-order valence-electron chi connectivity index (χ3n) is 4.67. The predicted octanol–water partition coefficient (Wildman–Crippen LogP) is 5.00. The van der Waals surface area contributed by atoms with Crippen LogP contribution < -0.4 is 0 Å². The summed E-state index contributed by atoms with van der Waals surface area (Å²) >= 11 is 0. The molecule has 0 aliphatic carbocycles. The second-order valence-electron chi connectivity index (χ2n) is 6.18. The topological polar surface area (TPSA) is 50.7 Å². The van der Waals surface area contributed by atoms with Crippen LogP contribution in [0, 0.1) is 0 Å². The van der Waals surface area contributed by atoms with Crippen LogP contribution in [-0.4, -0.2) is 20.4 Å². The Morgan fingerprint density at radius 1 is 0.920 bits per heavy atom. The van der Waals surface area contributed by atoms with Crippen molar-refractivity contribution in [1.82, 2.24) is 14.5 Å². The van der Waals surface area contributed by atoms with Crippen LogP contribution in [0.1, 0.15) is 11.7 Å². The Kier molecular flexibility index (Phi) is 2.82. The quantitative estimate of drug-likeness (QED) is 0.471. The lowest BCUT2D eigenvalue weighted by Gasteiger charge is -2.04. The normalized spacial score (nSPS) is 11.6. The van der Waals surface area contributed by atoms with Gasteiger partial charge in [-0.25, -0.2) is 4.98 Å². The Balaban J connectivity index is 1.87. The lowest BCUT2D eigenvalue weighted by molar-refractivity contribution is 0.0946. The van der Waals surface area contributed by atoms with E-state index in [9.17, 15) is 4.79 Å². The van der Waals surface area contributed by atoms with Gasteiger partial charge in [-0.05, 0) is 16.8 Å². The highest BCUT2D eigenvalue weighted by Gasteiger charge is 2.18. The number of aromatic amines is 1. The maximum atomic E-state index is 12.2. The van der Waals surface area contributed by atoms with Gasteiger partial charge in [-0.1, -0.05) is 60.7 Å². The highest BCUT2D eigenvalue weighted by Crippen LogP contribution is 2.32. The molecular weight excluding hydrogens is 310 g/mol. The van der Waals surface area contributed by atoms with Crippen LogP contribution in [0.3, 0.4) is 0 Å². The number of nitrogens with zero attached hydrogens (tertiary/aromatic N) is 2. The summed E-state index contributed by atoms with van der Waals surface area (Å²) < 4.78 is 1.68. The van der Waals surface area contributed by atoms with E-state index in [4.69, 9.17) is 4.98 Å². The van der Waals surface area contributed by atoms with Crippen molar-refractivity contribution in [1.29, 1.82) is 0 Å². The molecule has 0 bridgehead atoms. The van der Waals surface area contributed by atoms with Gasteiger partial charge >= 0.3 is 0 Å². The van der Waals surface area contributed by atoms with E-state index < -0.39 is 0 Å². The molecule has 120 valence electrons. The van der Waals surface area contributed by atoms with Gasteiger partial charge < -0.3 is 4.98 Å². The highest BCUT2D eigenvalue weighted by atomic mass is 16.1. The lowest BCUT2D eigenvalue weighted by atomic mass is 10.0. The first-order valence-electron chi connectivity index (χ1n) is 8.22. The summed E-state index contributed by atoms with van der Waals surface area (Å²) in [6.07, 6.45) is 0. The van der Waals surface area contributed by atoms with Crippen LogP contribution in [0.5, 0.6) is 0 Å². The van der Waals surface area contributed by atoms with E-state index in [1.165, 1.54) is 5.39 Å². The van der Waals surface area contributed by atoms with Gasteiger partial charge in [0.15, 0.2) is 5.65 Å². The van der Waals surface area contributed by atoms with Crippen molar-refractivity contribution in [3.05, 3.63) is 66.7 Å². The fourth-order valence-corrected chi connectivity index (χ4v) is 3.59. The number of carbonyl (C=O) groups is 1. The summed E-state index contributed by atoms with van der Waals surface area (Å²) in [5.41, 5.74) is 3.49. The smallest absolute Gasteiger partial charge is 0.229 e. The van der Waals surface area contributed by atoms with Gasteiger partial charge in [0.05, 0.1) is 11.0 Å². The molecule has 4 heteroatoms. The summed E-state index contributed by atoms with van der Waals surface area (Å²) in [6, 6.07) is 22.3. The molecule has 0 fully saturated rings. The van der Waals surface area contributed by atoms with Gasteiger partial charge in [0.25, 0.3) is 0 Å². The first kappa shape index (κ1) is 14.0. The zero-order valence-electron chi connectivity index (χ0n) is 13.7. The molecule has 0 spiro atoms. The molecule has 25 heavy (non-hydrogen) atoms. The number of nitrogens with one attached hydrogen (secondary N) is 1. The molecular formula is C21H15N3O. The molecule has 0 amide bonds. The fraction of sp³-hybridized carbons (Fsp3) is 0.0476. The van der Waals surface area contributed by atoms with Crippen LogP contribution in [0.25, 0.3) is 44.2 Å². The van der Waals surface area contributed by atoms with Gasteiger partial charge in [-0.2, -0.15) is 0 Å². The highest BCUT2D eigenvalue weighted by molar-refractivity contribution is 6.11. The van der Waals surface area contributed by atoms with Crippen LogP contribution in [0.15, 0.2) is 66.7 Å². The maximum Gasteiger partial charge on any atom is 0.229 e. The molecule has 1 N–H and O–H groups in total. The molecule has 0 saturated carbocycles. The number of carbonyl (C=O) groups excluding carboxylic acids is 1. The average molecular weight is 325 g/mol. The van der Waals surface area contributed by atoms with Gasteiger partial charge in [-0.15, -0.1) is 0 Å². The van der Waals surface area contributed by atoms with E-state index in [-0.39, 0.29) is 5.91 Å². The minimum absolute atomic E-state index is 0.0397. The standard InChI is InChI=1S/C21H15N3O/c1-13(25)24-18-12-5-4-10-17(18)19-21(24)23-20(22-19)16-11-6-8-14-7-2-3-9-15(14)16/h2-12H,1H3,(H,22,23). The van der Waals surface area contributed by atoms with Crippen molar-refractivity contribution >= 4 is 38.7 Å². The molecule has 2 aromatic heterocycles. The Bertz CT molecular complexity index is 1270. The molecule has 0 aliphatic heterocycles. The average Bonchev–Trinajstić information content (AvgIpc) is 3.18. The van der Waals surface area contributed by atoms with Crippen molar-refractivity contribution < 1.29 is 4.79 Å². The van der Waals surface area contributed by atoms with E-state index in [1.807, 2.05) is 42.5 Å². The van der Waals surface area contributed by atoms with Crippen LogP contribution in [-0.2, 0) is 0 Å². The van der Waals surface area contributed by atoms with E-state index in [0.717, 1.165) is 33.2 Å². The number of aromatic nitrogens is 3. The number of rotatable bonds is 1. The van der Waals surface area contributed by atoms with Gasteiger partial charge in [0, 0.05) is 17.9 Å². The Morgan fingerprint density at radius 3 is 2.48 bits per heavy atom. The van der Waals surface area contributed by atoms with E-state index in [2.05, 4.69) is 29.2 Å². The van der Waals surface area contributed by atoms with Gasteiger partial charge in [-0.3, -0.25) is 9.36 Å². The molecule has 0 aliphatic rings. The van der Waals surface area contributed by atoms with Crippen LogP contribution in [0.4, 0.5) is 0 Å². The number of para-hydroxylation sites is 1. The predicted molar refractivity (Wildman–Crippen MR) is 101 cm³/mol. The fourth-order valence-electron chi connectivity index (χ4n) is 3.59. The van der Waals surface area contributed by atoms with E-state index >= 15 is 0 Å². The number of fused-ring (bicyclic) bond motifs is 4. The van der Waals surface area contributed by atoms with Crippen molar-refractivity contribution in [2.45, 2.75) is 6.92 Å². The van der Waals surface area contributed by atoms with Crippen molar-refractivity contribution in [2.75, 3.05) is 0 Å². The zero-order chi connectivity index (χ0) is 17.0. The van der Waals surface area contributed by atoms with Crippen LogP contribution in [0.2, 0.25) is 0 Å². The third-order valence-corrected chi connectivity index (χ3v) is 4.67. The molecule has 4 nitrogen and oxygen atoms in total. The van der Waals surface area contributed by atoms with Crippen LogP contribution >= 0.6 is 0 Å². The monoisotopic (exact) mass is 325 g/mol. The molecule has 0 saturated heterocycles. The third kappa shape index (κ3) is 1.94. The summed E-state index contributed by atoms with van der Waals surface area (Å²) in [7, 11) is 0. The van der Waals surface area contributed by atoms with E-state index in [1.54, 1.807) is 11.5 Å². The van der Waals surface area contributed by atoms with E-state index in [0.29, 0.717) is 5.65 Å². The molecule has 5 aromatic rings. The van der Waals surface area contributed by atoms with Crippen molar-refractivity contribution in [2.24, 2.45) is 0 Å². The minimum Gasteiger partial charge on any atom is -0.336 e. The number of H-pyrrole nitrogens is 1.